The van der Waals surface area contributed by atoms with Gasteiger partial charge in [0.1, 0.15) is 12.1 Å². The molecule has 0 bridgehead atoms. The fourth-order valence-electron chi connectivity index (χ4n) is 2.42. The first-order valence-corrected chi connectivity index (χ1v) is 6.29. The standard InChI is InChI=1S/C12H18N4O/c1-6-17-8-10(1)11-7-12(15-9-14-11)16-4-2-13-3-5-16/h7,9-10,13H,1-6,8H2. The quantitative estimate of drug-likeness (QED) is 0.802. The van der Waals surface area contributed by atoms with Crippen LogP contribution in [-0.4, -0.2) is 49.4 Å². The Hall–Kier alpha value is -1.20. The van der Waals surface area contributed by atoms with E-state index in [0.29, 0.717) is 5.92 Å². The Kier molecular flexibility index (Phi) is 3.20. The molecule has 5 nitrogen and oxygen atoms in total. The van der Waals surface area contributed by atoms with Crippen molar-refractivity contribution in [1.82, 2.24) is 15.3 Å². The molecule has 1 aromatic heterocycles. The van der Waals surface area contributed by atoms with Crippen molar-refractivity contribution in [3.05, 3.63) is 18.1 Å². The van der Waals surface area contributed by atoms with Gasteiger partial charge in [-0.25, -0.2) is 9.97 Å². The largest absolute Gasteiger partial charge is 0.381 e. The second-order valence-electron chi connectivity index (χ2n) is 4.60. The summed E-state index contributed by atoms with van der Waals surface area (Å²) < 4.78 is 5.41. The molecular weight excluding hydrogens is 216 g/mol. The Balaban J connectivity index is 1.77. The van der Waals surface area contributed by atoms with Crippen LogP contribution in [0.2, 0.25) is 0 Å². The summed E-state index contributed by atoms with van der Waals surface area (Å²) in [5.74, 6) is 1.52. The van der Waals surface area contributed by atoms with E-state index >= 15 is 0 Å². The average Bonchev–Trinajstić information content (AvgIpc) is 2.94. The van der Waals surface area contributed by atoms with Crippen molar-refractivity contribution in [2.45, 2.75) is 12.3 Å². The highest BCUT2D eigenvalue weighted by molar-refractivity contribution is 5.40. The molecule has 2 fully saturated rings. The zero-order valence-electron chi connectivity index (χ0n) is 9.93. The van der Waals surface area contributed by atoms with Gasteiger partial charge in [0.05, 0.1) is 12.3 Å². The van der Waals surface area contributed by atoms with Gasteiger partial charge in [0.15, 0.2) is 0 Å². The first-order chi connectivity index (χ1) is 8.43. The van der Waals surface area contributed by atoms with E-state index in [1.807, 2.05) is 0 Å². The van der Waals surface area contributed by atoms with Crippen molar-refractivity contribution in [1.29, 1.82) is 0 Å². The van der Waals surface area contributed by atoms with Gasteiger partial charge in [-0.3, -0.25) is 0 Å². The minimum absolute atomic E-state index is 0.458. The van der Waals surface area contributed by atoms with Gasteiger partial charge < -0.3 is 15.0 Å². The highest BCUT2D eigenvalue weighted by Crippen LogP contribution is 2.25. The van der Waals surface area contributed by atoms with Gasteiger partial charge >= 0.3 is 0 Å². The fraction of sp³-hybridized carbons (Fsp3) is 0.667. The zero-order chi connectivity index (χ0) is 11.5. The third kappa shape index (κ3) is 2.40. The van der Waals surface area contributed by atoms with Crippen molar-refractivity contribution >= 4 is 5.82 Å². The summed E-state index contributed by atoms with van der Waals surface area (Å²) in [7, 11) is 0. The van der Waals surface area contributed by atoms with Crippen LogP contribution >= 0.6 is 0 Å². The van der Waals surface area contributed by atoms with E-state index in [0.717, 1.165) is 57.3 Å². The van der Waals surface area contributed by atoms with Crippen LogP contribution < -0.4 is 10.2 Å². The molecule has 92 valence electrons. The molecule has 1 atom stereocenters. The summed E-state index contributed by atoms with van der Waals surface area (Å²) in [6.07, 6.45) is 2.77. The van der Waals surface area contributed by atoms with Gasteiger partial charge in [-0.2, -0.15) is 0 Å². The van der Waals surface area contributed by atoms with Crippen molar-refractivity contribution < 1.29 is 4.74 Å². The second kappa shape index (κ2) is 4.98. The number of hydrogen-bond donors (Lipinski definition) is 1. The molecule has 0 saturated carbocycles. The van der Waals surface area contributed by atoms with E-state index in [2.05, 4.69) is 26.3 Å². The summed E-state index contributed by atoms with van der Waals surface area (Å²) in [6, 6.07) is 2.13. The molecule has 5 heteroatoms. The summed E-state index contributed by atoms with van der Waals surface area (Å²) in [4.78, 5) is 11.1. The molecule has 0 aromatic carbocycles. The number of rotatable bonds is 2. The molecule has 0 amide bonds. The fourth-order valence-corrected chi connectivity index (χ4v) is 2.42. The Labute approximate surface area is 101 Å². The van der Waals surface area contributed by atoms with Crippen LogP contribution in [0.4, 0.5) is 5.82 Å². The molecule has 0 aliphatic carbocycles. The zero-order valence-corrected chi connectivity index (χ0v) is 9.93. The Morgan fingerprint density at radius 3 is 2.94 bits per heavy atom. The van der Waals surface area contributed by atoms with Crippen LogP contribution in [-0.2, 0) is 4.74 Å². The van der Waals surface area contributed by atoms with E-state index in [4.69, 9.17) is 4.74 Å². The minimum atomic E-state index is 0.458. The first kappa shape index (κ1) is 10.9. The maximum atomic E-state index is 5.41. The minimum Gasteiger partial charge on any atom is -0.381 e. The number of nitrogens with zero attached hydrogens (tertiary/aromatic N) is 3. The summed E-state index contributed by atoms with van der Waals surface area (Å²) >= 11 is 0. The molecule has 1 N–H and O–H groups in total. The molecule has 0 radical (unpaired) electrons. The summed E-state index contributed by atoms with van der Waals surface area (Å²) in [6.45, 7) is 5.78. The molecule has 3 heterocycles. The summed E-state index contributed by atoms with van der Waals surface area (Å²) in [5.41, 5.74) is 1.13. The van der Waals surface area contributed by atoms with Crippen LogP contribution in [0.5, 0.6) is 0 Å². The predicted molar refractivity (Wildman–Crippen MR) is 65.3 cm³/mol. The van der Waals surface area contributed by atoms with Crippen LogP contribution in [0.15, 0.2) is 12.4 Å². The molecule has 2 aliphatic heterocycles. The third-order valence-electron chi connectivity index (χ3n) is 3.46. The van der Waals surface area contributed by atoms with Crippen molar-refractivity contribution in [2.24, 2.45) is 0 Å². The molecule has 3 rings (SSSR count). The number of ether oxygens (including phenoxy) is 1. The lowest BCUT2D eigenvalue weighted by Gasteiger charge is -2.28. The molecule has 1 aromatic rings. The normalized spacial score (nSPS) is 25.2. The van der Waals surface area contributed by atoms with Crippen molar-refractivity contribution in [2.75, 3.05) is 44.3 Å². The van der Waals surface area contributed by atoms with Gasteiger partial charge in [-0.1, -0.05) is 0 Å². The molecule has 2 saturated heterocycles. The van der Waals surface area contributed by atoms with Crippen LogP contribution in [0.1, 0.15) is 18.0 Å². The molecule has 17 heavy (non-hydrogen) atoms. The first-order valence-electron chi connectivity index (χ1n) is 6.29. The Bertz CT molecular complexity index is 373. The second-order valence-corrected chi connectivity index (χ2v) is 4.60. The topological polar surface area (TPSA) is 50.3 Å². The maximum Gasteiger partial charge on any atom is 0.132 e. The Morgan fingerprint density at radius 2 is 2.18 bits per heavy atom. The number of piperazine rings is 1. The molecular formula is C12H18N4O. The van der Waals surface area contributed by atoms with E-state index < -0.39 is 0 Å². The van der Waals surface area contributed by atoms with Gasteiger partial charge in [0.25, 0.3) is 0 Å². The van der Waals surface area contributed by atoms with E-state index in [9.17, 15) is 0 Å². The van der Waals surface area contributed by atoms with E-state index in [1.54, 1.807) is 6.33 Å². The Morgan fingerprint density at radius 1 is 1.29 bits per heavy atom. The number of aromatic nitrogens is 2. The smallest absolute Gasteiger partial charge is 0.132 e. The highest BCUT2D eigenvalue weighted by atomic mass is 16.5. The lowest BCUT2D eigenvalue weighted by molar-refractivity contribution is 0.193. The maximum absolute atomic E-state index is 5.41. The van der Waals surface area contributed by atoms with E-state index in [-0.39, 0.29) is 0 Å². The SMILES string of the molecule is c1nc(C2CCOC2)cc(N2CCNCC2)n1. The van der Waals surface area contributed by atoms with Gasteiger partial charge in [-0.15, -0.1) is 0 Å². The number of nitrogens with one attached hydrogen (secondary N) is 1. The van der Waals surface area contributed by atoms with Gasteiger partial charge in [0.2, 0.25) is 0 Å². The third-order valence-corrected chi connectivity index (χ3v) is 3.46. The average molecular weight is 234 g/mol. The monoisotopic (exact) mass is 234 g/mol. The van der Waals surface area contributed by atoms with Crippen LogP contribution in [0, 0.1) is 0 Å². The molecule has 0 spiro atoms. The highest BCUT2D eigenvalue weighted by Gasteiger charge is 2.20. The molecule has 1 unspecified atom stereocenters. The van der Waals surface area contributed by atoms with Gasteiger partial charge in [0, 0.05) is 44.8 Å². The van der Waals surface area contributed by atoms with Crippen LogP contribution in [0.25, 0.3) is 0 Å². The predicted octanol–water partition coefficient (Wildman–Crippen LogP) is 0.390. The lowest BCUT2D eigenvalue weighted by Crippen LogP contribution is -2.43. The number of hydrogen-bond acceptors (Lipinski definition) is 5. The van der Waals surface area contributed by atoms with Crippen LogP contribution in [0.3, 0.4) is 0 Å². The van der Waals surface area contributed by atoms with Gasteiger partial charge in [-0.05, 0) is 6.42 Å². The van der Waals surface area contributed by atoms with Crippen molar-refractivity contribution in [3.8, 4) is 0 Å². The lowest BCUT2D eigenvalue weighted by atomic mass is 10.0. The summed E-state index contributed by atoms with van der Waals surface area (Å²) in [5, 5.41) is 3.35. The number of anilines is 1. The van der Waals surface area contributed by atoms with Crippen molar-refractivity contribution in [3.63, 3.8) is 0 Å². The molecule has 2 aliphatic rings. The van der Waals surface area contributed by atoms with E-state index in [1.165, 1.54) is 0 Å².